The molecule has 0 saturated heterocycles. The Bertz CT molecular complexity index is 2700. The summed E-state index contributed by atoms with van der Waals surface area (Å²) in [5, 5.41) is 45.7. The highest BCUT2D eigenvalue weighted by molar-refractivity contribution is 7.19. The van der Waals surface area contributed by atoms with Crippen molar-refractivity contribution >= 4 is 55.0 Å². The van der Waals surface area contributed by atoms with Crippen molar-refractivity contribution in [2.75, 3.05) is 53.7 Å². The SMILES string of the molecule is COc1cccc2sc(Cc3nnc(-c4ccc(OCC(=O)NCCO)cc4)o3)nc12.COc1cccc2sc(Cc3nnc(-c4ccc(OCC(=O)O)cc4)o3)nc12.NCCO. The lowest BCUT2D eigenvalue weighted by atomic mass is 10.2. The van der Waals surface area contributed by atoms with Gasteiger partial charge in [0.1, 0.15) is 44.0 Å². The first-order chi connectivity index (χ1) is 30.7. The number of amides is 1. The number of hydrogen-bond donors (Lipinski definition) is 5. The molecule has 1 amide bonds. The smallest absolute Gasteiger partial charge is 0.341 e. The molecule has 0 aliphatic rings. The third-order valence-corrected chi connectivity index (χ3v) is 10.4. The number of aromatic nitrogens is 6. The van der Waals surface area contributed by atoms with Crippen molar-refractivity contribution < 1.29 is 52.7 Å². The molecule has 19 nitrogen and oxygen atoms in total. The first-order valence-electron chi connectivity index (χ1n) is 19.1. The molecule has 8 rings (SSSR count). The summed E-state index contributed by atoms with van der Waals surface area (Å²) in [6, 6.07) is 25.4. The number of carbonyl (C=O) groups excluding carboxylic acids is 1. The van der Waals surface area contributed by atoms with Crippen LogP contribution in [0.1, 0.15) is 21.8 Å². The molecular formula is C42H42N8O11S2. The summed E-state index contributed by atoms with van der Waals surface area (Å²) in [7, 11) is 3.25. The van der Waals surface area contributed by atoms with E-state index in [-0.39, 0.29) is 32.3 Å². The lowest BCUT2D eigenvalue weighted by molar-refractivity contribution is -0.139. The summed E-state index contributed by atoms with van der Waals surface area (Å²) in [6.45, 7) is 0.0406. The van der Waals surface area contributed by atoms with Gasteiger partial charge < -0.3 is 54.2 Å². The van der Waals surface area contributed by atoms with Crippen LogP contribution in [0.15, 0.2) is 93.8 Å². The van der Waals surface area contributed by atoms with Gasteiger partial charge in [-0.1, -0.05) is 12.1 Å². The fraction of sp³-hybridized carbons (Fsp3) is 0.238. The molecule has 328 valence electrons. The zero-order valence-electron chi connectivity index (χ0n) is 33.9. The molecule has 4 heterocycles. The van der Waals surface area contributed by atoms with E-state index in [1.54, 1.807) is 85.4 Å². The van der Waals surface area contributed by atoms with Crippen molar-refractivity contribution in [3.05, 3.63) is 107 Å². The Kier molecular flexibility index (Phi) is 16.4. The Labute approximate surface area is 367 Å². The van der Waals surface area contributed by atoms with E-state index < -0.39 is 12.6 Å². The Morgan fingerprint density at radius 1 is 0.667 bits per heavy atom. The highest BCUT2D eigenvalue weighted by Gasteiger charge is 2.16. The second kappa shape index (κ2) is 22.7. The van der Waals surface area contributed by atoms with E-state index in [1.165, 1.54) is 0 Å². The topological polar surface area (TPSA) is 273 Å². The monoisotopic (exact) mass is 898 g/mol. The molecule has 0 atom stereocenters. The van der Waals surface area contributed by atoms with Crippen LogP contribution in [0.5, 0.6) is 23.0 Å². The molecule has 0 radical (unpaired) electrons. The molecule has 0 aliphatic carbocycles. The van der Waals surface area contributed by atoms with Gasteiger partial charge in [-0.3, -0.25) is 4.79 Å². The van der Waals surface area contributed by atoms with Gasteiger partial charge in [0, 0.05) is 24.2 Å². The maximum atomic E-state index is 11.5. The van der Waals surface area contributed by atoms with Crippen molar-refractivity contribution in [1.29, 1.82) is 0 Å². The van der Waals surface area contributed by atoms with Gasteiger partial charge in [0.25, 0.3) is 5.91 Å². The van der Waals surface area contributed by atoms with Gasteiger partial charge in [0.05, 0.1) is 49.7 Å². The lowest BCUT2D eigenvalue weighted by Crippen LogP contribution is -2.31. The number of aliphatic carboxylic acids is 1. The number of methoxy groups -OCH3 is 2. The van der Waals surface area contributed by atoms with Crippen LogP contribution in [-0.4, -0.2) is 111 Å². The summed E-state index contributed by atoms with van der Waals surface area (Å²) < 4.78 is 34.8. The maximum Gasteiger partial charge on any atom is 0.341 e. The number of aliphatic hydroxyl groups is 2. The number of para-hydroxylation sites is 2. The quantitative estimate of drug-likeness (QED) is 0.0822. The number of carboxylic acid groups (broad SMARTS) is 1. The molecular weight excluding hydrogens is 857 g/mol. The standard InChI is InChI=1S/C21H20N4O5S.C19H15N3O5S.C2H7NO/c1-28-15-3-2-4-16-20(15)23-19(31-16)11-18-24-25-21(30-18)13-5-7-14(8-6-13)29-12-17(27)22-9-10-26;1-25-13-3-2-4-14-18(13)20-16(28-14)9-15-21-22-19(27-15)11-5-7-12(8-6-11)26-10-17(23)24;3-1-2-4/h2-8,26H,9-12H2,1H3,(H,22,27);2-8H,9-10H2,1H3,(H,23,24);4H,1-3H2. The number of nitrogens with zero attached hydrogens (tertiary/aromatic N) is 6. The van der Waals surface area contributed by atoms with Crippen molar-refractivity contribution in [2.45, 2.75) is 12.8 Å². The molecule has 21 heteroatoms. The summed E-state index contributed by atoms with van der Waals surface area (Å²) in [6.07, 6.45) is 0.856. The number of rotatable bonds is 17. The number of benzene rings is 4. The van der Waals surface area contributed by atoms with E-state index in [0.29, 0.717) is 60.0 Å². The molecule has 0 fully saturated rings. The molecule has 8 aromatic rings. The van der Waals surface area contributed by atoms with Crippen LogP contribution in [-0.2, 0) is 22.4 Å². The normalized spacial score (nSPS) is 10.7. The summed E-state index contributed by atoms with van der Waals surface area (Å²) in [5.41, 5.74) is 7.88. The highest BCUT2D eigenvalue weighted by Crippen LogP contribution is 2.32. The Morgan fingerprint density at radius 3 is 1.54 bits per heavy atom. The number of fused-ring (bicyclic) bond motifs is 2. The summed E-state index contributed by atoms with van der Waals surface area (Å²) in [4.78, 5) is 31.3. The average molecular weight is 899 g/mol. The highest BCUT2D eigenvalue weighted by atomic mass is 32.1. The molecule has 0 aliphatic heterocycles. The first-order valence-corrected chi connectivity index (χ1v) is 20.7. The van der Waals surface area contributed by atoms with Crippen LogP contribution in [0.2, 0.25) is 0 Å². The molecule has 4 aromatic carbocycles. The second-order valence-electron chi connectivity index (χ2n) is 12.8. The number of carbonyl (C=O) groups is 2. The average Bonchev–Trinajstić information content (AvgIpc) is 4.14. The van der Waals surface area contributed by atoms with E-state index in [2.05, 4.69) is 35.7 Å². The zero-order chi connectivity index (χ0) is 44.6. The van der Waals surface area contributed by atoms with Crippen molar-refractivity contribution in [3.63, 3.8) is 0 Å². The van der Waals surface area contributed by atoms with Gasteiger partial charge in [-0.2, -0.15) is 0 Å². The Morgan fingerprint density at radius 2 is 1.13 bits per heavy atom. The van der Waals surface area contributed by atoms with Gasteiger partial charge >= 0.3 is 5.97 Å². The van der Waals surface area contributed by atoms with Gasteiger partial charge in [0.2, 0.25) is 23.6 Å². The number of nitrogens with one attached hydrogen (secondary N) is 1. The first kappa shape index (κ1) is 45.5. The molecule has 0 bridgehead atoms. The Balaban J connectivity index is 0.000000194. The van der Waals surface area contributed by atoms with E-state index in [0.717, 1.165) is 47.5 Å². The van der Waals surface area contributed by atoms with Crippen LogP contribution in [0.25, 0.3) is 43.3 Å². The predicted octanol–water partition coefficient (Wildman–Crippen LogP) is 4.78. The molecule has 63 heavy (non-hydrogen) atoms. The Hall–Kier alpha value is -7.04. The third-order valence-electron chi connectivity index (χ3n) is 8.33. The minimum atomic E-state index is -1.03. The fourth-order valence-corrected chi connectivity index (χ4v) is 7.44. The van der Waals surface area contributed by atoms with Gasteiger partial charge in [-0.15, -0.1) is 43.1 Å². The number of aliphatic hydroxyl groups excluding tert-OH is 2. The van der Waals surface area contributed by atoms with Crippen molar-refractivity contribution in [2.24, 2.45) is 5.73 Å². The van der Waals surface area contributed by atoms with Gasteiger partial charge in [0.15, 0.2) is 13.2 Å². The molecule has 6 N–H and O–H groups in total. The van der Waals surface area contributed by atoms with Gasteiger partial charge in [-0.05, 0) is 72.8 Å². The van der Waals surface area contributed by atoms with Gasteiger partial charge in [-0.25, -0.2) is 14.8 Å². The molecule has 4 aromatic heterocycles. The third kappa shape index (κ3) is 12.7. The number of nitrogens with two attached hydrogens (primary N) is 1. The van der Waals surface area contributed by atoms with Crippen LogP contribution in [0.4, 0.5) is 0 Å². The number of carboxylic acids is 1. The zero-order valence-corrected chi connectivity index (χ0v) is 35.6. The molecule has 0 spiro atoms. The van der Waals surface area contributed by atoms with Crippen LogP contribution in [0, 0.1) is 0 Å². The fourth-order valence-electron chi connectivity index (χ4n) is 5.49. The molecule has 0 unspecified atom stereocenters. The van der Waals surface area contributed by atoms with Crippen molar-refractivity contribution in [1.82, 2.24) is 35.7 Å². The van der Waals surface area contributed by atoms with Crippen LogP contribution >= 0.6 is 22.7 Å². The van der Waals surface area contributed by atoms with Crippen molar-refractivity contribution in [3.8, 4) is 45.9 Å². The number of ether oxygens (including phenoxy) is 4. The van der Waals surface area contributed by atoms with E-state index in [4.69, 9.17) is 48.8 Å². The van der Waals surface area contributed by atoms with Crippen LogP contribution in [0.3, 0.4) is 0 Å². The van der Waals surface area contributed by atoms with E-state index in [1.807, 2.05) is 36.4 Å². The second-order valence-corrected chi connectivity index (χ2v) is 15.0. The van der Waals surface area contributed by atoms with Crippen LogP contribution < -0.4 is 30.0 Å². The number of thiazole rings is 2. The van der Waals surface area contributed by atoms with E-state index >= 15 is 0 Å². The van der Waals surface area contributed by atoms with E-state index in [9.17, 15) is 9.59 Å². The lowest BCUT2D eigenvalue weighted by Gasteiger charge is -2.06. The summed E-state index contributed by atoms with van der Waals surface area (Å²) >= 11 is 3.11. The number of hydrogen-bond acceptors (Lipinski definition) is 19. The maximum absolute atomic E-state index is 11.5. The summed E-state index contributed by atoms with van der Waals surface area (Å²) in [5.74, 6) is 2.81. The largest absolute Gasteiger partial charge is 0.494 e. The minimum Gasteiger partial charge on any atom is -0.494 e. The minimum absolute atomic E-state index is 0.0972. The molecule has 0 saturated carbocycles. The predicted molar refractivity (Wildman–Crippen MR) is 232 cm³/mol.